The van der Waals surface area contributed by atoms with Crippen LogP contribution in [0.5, 0.6) is 0 Å². The number of nitrogens with one attached hydrogen (secondary N) is 1. The first-order chi connectivity index (χ1) is 13.7. The van der Waals surface area contributed by atoms with Crippen LogP contribution < -0.4 is 10.3 Å². The van der Waals surface area contributed by atoms with E-state index < -0.39 is 10.0 Å². The summed E-state index contributed by atoms with van der Waals surface area (Å²) in [5.41, 5.74) is 1.72. The highest BCUT2D eigenvalue weighted by Crippen LogP contribution is 2.15. The fourth-order valence-electron chi connectivity index (χ4n) is 3.66. The first-order valence-corrected chi connectivity index (χ1v) is 11.6. The molecule has 156 valence electrons. The van der Waals surface area contributed by atoms with E-state index in [0.29, 0.717) is 44.5 Å². The Morgan fingerprint density at radius 3 is 2.41 bits per heavy atom. The number of nitrogens with zero attached hydrogens (tertiary/aromatic N) is 2. The number of sulfonamides is 1. The van der Waals surface area contributed by atoms with Crippen molar-refractivity contribution in [2.24, 2.45) is 0 Å². The molecule has 0 spiro atoms. The van der Waals surface area contributed by atoms with Crippen LogP contribution in [-0.4, -0.2) is 49.2 Å². The smallest absolute Gasteiger partial charge is 0.263 e. The fraction of sp³-hybridized carbons (Fsp3) is 0.429. The van der Waals surface area contributed by atoms with Crippen LogP contribution in [0.15, 0.2) is 47.4 Å². The van der Waals surface area contributed by atoms with Gasteiger partial charge in [-0.25, -0.2) is 13.1 Å². The Morgan fingerprint density at radius 2 is 1.79 bits per heavy atom. The number of likely N-dealkylation sites (tertiary alicyclic amines) is 1. The molecular weight excluding hydrogens is 390 g/mol. The zero-order valence-corrected chi connectivity index (χ0v) is 17.6. The third-order valence-corrected chi connectivity index (χ3v) is 6.00. The molecule has 1 aliphatic rings. The first-order valence-electron chi connectivity index (χ1n) is 9.75. The van der Waals surface area contributed by atoms with Crippen LogP contribution in [0.4, 0.5) is 0 Å². The van der Waals surface area contributed by atoms with Crippen molar-refractivity contribution in [1.82, 2.24) is 14.2 Å². The summed E-state index contributed by atoms with van der Waals surface area (Å²) in [6.45, 7) is 3.12. The average Bonchev–Trinajstić information content (AvgIpc) is 2.67. The van der Waals surface area contributed by atoms with Gasteiger partial charge in [0.15, 0.2) is 0 Å². The second-order valence-corrected chi connectivity index (χ2v) is 9.34. The molecule has 2 heterocycles. The van der Waals surface area contributed by atoms with Crippen molar-refractivity contribution in [3.63, 3.8) is 0 Å². The van der Waals surface area contributed by atoms with Gasteiger partial charge in [-0.05, 0) is 43.4 Å². The number of hydrogen-bond donors (Lipinski definition) is 1. The van der Waals surface area contributed by atoms with Crippen molar-refractivity contribution >= 4 is 15.9 Å². The average molecular weight is 418 g/mol. The lowest BCUT2D eigenvalue weighted by molar-refractivity contribution is 0.0708. The summed E-state index contributed by atoms with van der Waals surface area (Å²) in [5, 5.41) is 0. The van der Waals surface area contributed by atoms with E-state index in [-0.39, 0.29) is 23.1 Å². The van der Waals surface area contributed by atoms with Gasteiger partial charge in [0.05, 0.1) is 6.26 Å². The summed E-state index contributed by atoms with van der Waals surface area (Å²) in [6.07, 6.45) is 4.65. The Bertz CT molecular complexity index is 1020. The Hall–Kier alpha value is -2.45. The second kappa shape index (κ2) is 8.92. The van der Waals surface area contributed by atoms with Gasteiger partial charge in [0.1, 0.15) is 5.56 Å². The Morgan fingerprint density at radius 1 is 1.14 bits per heavy atom. The Balaban J connectivity index is 1.71. The van der Waals surface area contributed by atoms with Crippen LogP contribution in [-0.2, 0) is 23.0 Å². The number of carbonyl (C=O) groups excluding carboxylic acids is 1. The van der Waals surface area contributed by atoms with Crippen molar-refractivity contribution in [3.8, 4) is 0 Å². The predicted molar refractivity (Wildman–Crippen MR) is 112 cm³/mol. The topological polar surface area (TPSA) is 88.5 Å². The number of rotatable bonds is 6. The molecule has 7 nitrogen and oxygen atoms in total. The zero-order valence-electron chi connectivity index (χ0n) is 16.8. The molecule has 1 N–H and O–H groups in total. The SMILES string of the molecule is Cc1ccn(CCc2ccccc2)c(=O)c1C(=O)N1CCC(NS(C)(=O)=O)CC1. The van der Waals surface area contributed by atoms with Crippen molar-refractivity contribution < 1.29 is 13.2 Å². The third-order valence-electron chi connectivity index (χ3n) is 5.23. The van der Waals surface area contributed by atoms with E-state index in [0.717, 1.165) is 11.8 Å². The van der Waals surface area contributed by atoms with E-state index in [1.165, 1.54) is 0 Å². The van der Waals surface area contributed by atoms with E-state index in [1.54, 1.807) is 28.7 Å². The van der Waals surface area contributed by atoms with Gasteiger partial charge in [0.25, 0.3) is 11.5 Å². The zero-order chi connectivity index (χ0) is 21.0. The number of piperidine rings is 1. The number of aryl methyl sites for hydroxylation is 3. The monoisotopic (exact) mass is 417 g/mol. The number of carbonyl (C=O) groups is 1. The summed E-state index contributed by atoms with van der Waals surface area (Å²) in [4.78, 5) is 27.6. The van der Waals surface area contributed by atoms with Gasteiger partial charge >= 0.3 is 0 Å². The number of hydrogen-bond acceptors (Lipinski definition) is 4. The molecule has 1 aromatic carbocycles. The molecular formula is C21H27N3O4S. The molecule has 0 aliphatic carbocycles. The molecule has 2 aromatic rings. The molecule has 0 radical (unpaired) electrons. The van der Waals surface area contributed by atoms with Crippen LogP contribution in [0.2, 0.25) is 0 Å². The first kappa shape index (κ1) is 21.3. The maximum atomic E-state index is 13.0. The molecule has 0 unspecified atom stereocenters. The highest BCUT2D eigenvalue weighted by atomic mass is 32.2. The maximum Gasteiger partial charge on any atom is 0.263 e. The molecule has 0 atom stereocenters. The van der Waals surface area contributed by atoms with Crippen LogP contribution >= 0.6 is 0 Å². The maximum absolute atomic E-state index is 13.0. The normalized spacial score (nSPS) is 15.4. The number of pyridine rings is 1. The van der Waals surface area contributed by atoms with E-state index >= 15 is 0 Å². The summed E-state index contributed by atoms with van der Waals surface area (Å²) in [5.74, 6) is -0.278. The molecule has 1 fully saturated rings. The van der Waals surface area contributed by atoms with Gasteiger partial charge in [-0.3, -0.25) is 9.59 Å². The molecule has 1 aromatic heterocycles. The molecule has 0 bridgehead atoms. The van der Waals surface area contributed by atoms with Crippen molar-refractivity contribution in [2.45, 2.75) is 38.8 Å². The highest BCUT2D eigenvalue weighted by Gasteiger charge is 2.27. The lowest BCUT2D eigenvalue weighted by Gasteiger charge is -2.32. The Kier molecular flexibility index (Phi) is 6.54. The van der Waals surface area contributed by atoms with Gasteiger partial charge in [0, 0.05) is 31.9 Å². The van der Waals surface area contributed by atoms with E-state index in [2.05, 4.69) is 4.72 Å². The lowest BCUT2D eigenvalue weighted by Crippen LogP contribution is -2.47. The molecule has 1 amide bonds. The quantitative estimate of drug-likeness (QED) is 0.772. The van der Waals surface area contributed by atoms with Crippen LogP contribution in [0, 0.1) is 6.92 Å². The highest BCUT2D eigenvalue weighted by molar-refractivity contribution is 7.88. The van der Waals surface area contributed by atoms with E-state index in [1.807, 2.05) is 30.3 Å². The number of benzene rings is 1. The molecule has 1 saturated heterocycles. The largest absolute Gasteiger partial charge is 0.338 e. The second-order valence-electron chi connectivity index (χ2n) is 7.56. The third kappa shape index (κ3) is 5.55. The van der Waals surface area contributed by atoms with Crippen LogP contribution in [0.25, 0.3) is 0 Å². The van der Waals surface area contributed by atoms with Crippen LogP contribution in [0.1, 0.15) is 34.3 Å². The van der Waals surface area contributed by atoms with Gasteiger partial charge in [0.2, 0.25) is 10.0 Å². The number of amides is 1. The lowest BCUT2D eigenvalue weighted by atomic mass is 10.0. The van der Waals surface area contributed by atoms with Gasteiger partial charge < -0.3 is 9.47 Å². The molecule has 3 rings (SSSR count). The van der Waals surface area contributed by atoms with Crippen molar-refractivity contribution in [2.75, 3.05) is 19.3 Å². The standard InChI is InChI=1S/C21H27N3O4S/c1-16-8-12-23(13-9-17-6-4-3-5-7-17)20(25)19(16)21(26)24-14-10-18(11-15-24)22-29(2,27)28/h3-8,12,18,22H,9-11,13-15H2,1-2H3. The van der Waals surface area contributed by atoms with E-state index in [9.17, 15) is 18.0 Å². The van der Waals surface area contributed by atoms with Crippen molar-refractivity contribution in [1.29, 1.82) is 0 Å². The summed E-state index contributed by atoms with van der Waals surface area (Å²) in [7, 11) is -3.27. The van der Waals surface area contributed by atoms with Gasteiger partial charge in [-0.2, -0.15) is 0 Å². The predicted octanol–water partition coefficient (Wildman–Crippen LogP) is 1.55. The molecule has 29 heavy (non-hydrogen) atoms. The van der Waals surface area contributed by atoms with Crippen LogP contribution in [0.3, 0.4) is 0 Å². The number of aromatic nitrogens is 1. The molecule has 1 aliphatic heterocycles. The van der Waals surface area contributed by atoms with Gasteiger partial charge in [-0.1, -0.05) is 30.3 Å². The molecule has 0 saturated carbocycles. The van der Waals surface area contributed by atoms with E-state index in [4.69, 9.17) is 0 Å². The minimum atomic E-state index is -3.27. The minimum Gasteiger partial charge on any atom is -0.338 e. The molecule has 8 heteroatoms. The fourth-order valence-corrected chi connectivity index (χ4v) is 4.50. The minimum absolute atomic E-state index is 0.173. The Labute approximate surface area is 171 Å². The summed E-state index contributed by atoms with van der Waals surface area (Å²) in [6, 6.07) is 11.5. The summed E-state index contributed by atoms with van der Waals surface area (Å²) >= 11 is 0. The van der Waals surface area contributed by atoms with Crippen molar-refractivity contribution in [3.05, 3.63) is 69.6 Å². The van der Waals surface area contributed by atoms with Gasteiger partial charge in [-0.15, -0.1) is 0 Å². The summed E-state index contributed by atoms with van der Waals surface area (Å²) < 4.78 is 27.0.